The number of aryl methyl sites for hydroxylation is 3. The molecule has 2 N–H and O–H groups in total. The minimum Gasteiger partial charge on any atom is -0.375 e. The lowest BCUT2D eigenvalue weighted by molar-refractivity contribution is 0.111. The molecule has 0 aliphatic heterocycles. The van der Waals surface area contributed by atoms with Crippen LogP contribution in [0.15, 0.2) is 35.3 Å². The molecule has 7 heteroatoms. The molecule has 0 fully saturated rings. The van der Waals surface area contributed by atoms with Gasteiger partial charge < -0.3 is 15.4 Å². The summed E-state index contributed by atoms with van der Waals surface area (Å²) in [4.78, 5) is 4.66. The maximum absolute atomic E-state index is 6.08. The predicted molar refractivity (Wildman–Crippen MR) is 112 cm³/mol. The van der Waals surface area contributed by atoms with Gasteiger partial charge in [-0.05, 0) is 51.0 Å². The standard InChI is InChI=1S/C20H30ClN5O/c1-5-22-20(23-10-7-11-26-16(3)12-15(2)25-26)24-14-19(27-4)17-8-6-9-18(21)13-17/h6,8-9,12-13,19H,5,7,10-11,14H2,1-4H3,(H2,22,23,24). The van der Waals surface area contributed by atoms with E-state index in [1.54, 1.807) is 7.11 Å². The summed E-state index contributed by atoms with van der Waals surface area (Å²) in [6, 6.07) is 9.80. The molecule has 0 saturated heterocycles. The number of nitrogens with one attached hydrogen (secondary N) is 2. The van der Waals surface area contributed by atoms with Crippen LogP contribution in [0, 0.1) is 13.8 Å². The highest BCUT2D eigenvalue weighted by Crippen LogP contribution is 2.20. The van der Waals surface area contributed by atoms with E-state index < -0.39 is 0 Å². The number of benzene rings is 1. The Morgan fingerprint density at radius 1 is 1.30 bits per heavy atom. The van der Waals surface area contributed by atoms with Crippen molar-refractivity contribution >= 4 is 17.6 Å². The highest BCUT2D eigenvalue weighted by molar-refractivity contribution is 6.30. The van der Waals surface area contributed by atoms with Gasteiger partial charge in [-0.15, -0.1) is 0 Å². The molecule has 0 aliphatic carbocycles. The average molecular weight is 392 g/mol. The maximum Gasteiger partial charge on any atom is 0.191 e. The number of guanidine groups is 1. The first-order chi connectivity index (χ1) is 13.0. The summed E-state index contributed by atoms with van der Waals surface area (Å²) in [5.74, 6) is 0.787. The Morgan fingerprint density at radius 3 is 2.74 bits per heavy atom. The van der Waals surface area contributed by atoms with Crippen LogP contribution in [-0.4, -0.2) is 42.5 Å². The van der Waals surface area contributed by atoms with Crippen LogP contribution in [0.2, 0.25) is 5.02 Å². The number of rotatable bonds is 9. The van der Waals surface area contributed by atoms with E-state index in [2.05, 4.69) is 40.6 Å². The molecule has 0 radical (unpaired) electrons. The lowest BCUT2D eigenvalue weighted by atomic mass is 10.1. The molecule has 148 valence electrons. The third-order valence-electron chi connectivity index (χ3n) is 4.21. The van der Waals surface area contributed by atoms with Crippen LogP contribution in [0.5, 0.6) is 0 Å². The Morgan fingerprint density at radius 2 is 2.11 bits per heavy atom. The van der Waals surface area contributed by atoms with Gasteiger partial charge in [-0.2, -0.15) is 5.10 Å². The number of ether oxygens (including phenoxy) is 1. The van der Waals surface area contributed by atoms with Gasteiger partial charge in [0.15, 0.2) is 5.96 Å². The zero-order valence-corrected chi connectivity index (χ0v) is 17.4. The van der Waals surface area contributed by atoms with Crippen LogP contribution >= 0.6 is 11.6 Å². The second kappa shape index (κ2) is 10.9. The van der Waals surface area contributed by atoms with Crippen molar-refractivity contribution in [3.05, 3.63) is 52.3 Å². The molecule has 0 bridgehead atoms. The van der Waals surface area contributed by atoms with E-state index in [1.165, 1.54) is 5.69 Å². The lowest BCUT2D eigenvalue weighted by Gasteiger charge is -2.16. The highest BCUT2D eigenvalue weighted by Gasteiger charge is 2.11. The topological polar surface area (TPSA) is 63.5 Å². The molecule has 1 heterocycles. The average Bonchev–Trinajstić information content (AvgIpc) is 2.96. The lowest BCUT2D eigenvalue weighted by Crippen LogP contribution is -2.38. The van der Waals surface area contributed by atoms with Crippen molar-refractivity contribution < 1.29 is 4.74 Å². The molecule has 1 aromatic carbocycles. The molecule has 1 aromatic heterocycles. The van der Waals surface area contributed by atoms with Crippen molar-refractivity contribution in [1.29, 1.82) is 0 Å². The van der Waals surface area contributed by atoms with Gasteiger partial charge in [-0.1, -0.05) is 23.7 Å². The minimum atomic E-state index is -0.131. The SMILES string of the molecule is CCNC(=NCC(OC)c1cccc(Cl)c1)NCCCn1nc(C)cc1C. The number of aromatic nitrogens is 2. The first kappa shape index (κ1) is 21.3. The molecule has 0 saturated carbocycles. The number of halogens is 1. The van der Waals surface area contributed by atoms with E-state index in [-0.39, 0.29) is 6.10 Å². The summed E-state index contributed by atoms with van der Waals surface area (Å²) in [5.41, 5.74) is 3.27. The quantitative estimate of drug-likeness (QED) is 0.390. The Kier molecular flexibility index (Phi) is 8.61. The first-order valence-corrected chi connectivity index (χ1v) is 9.72. The van der Waals surface area contributed by atoms with Crippen molar-refractivity contribution in [3.63, 3.8) is 0 Å². The Balaban J connectivity index is 1.87. The summed E-state index contributed by atoms with van der Waals surface area (Å²) in [5, 5.41) is 11.8. The number of hydrogen-bond donors (Lipinski definition) is 2. The van der Waals surface area contributed by atoms with Crippen molar-refractivity contribution in [3.8, 4) is 0 Å². The Hall–Kier alpha value is -2.05. The van der Waals surface area contributed by atoms with Crippen molar-refractivity contribution in [2.75, 3.05) is 26.7 Å². The van der Waals surface area contributed by atoms with E-state index in [9.17, 15) is 0 Å². The van der Waals surface area contributed by atoms with Gasteiger partial charge in [0.25, 0.3) is 0 Å². The van der Waals surface area contributed by atoms with Gasteiger partial charge in [0.1, 0.15) is 6.10 Å². The van der Waals surface area contributed by atoms with Gasteiger partial charge in [-0.3, -0.25) is 9.67 Å². The zero-order valence-electron chi connectivity index (χ0n) is 16.6. The third-order valence-corrected chi connectivity index (χ3v) is 4.44. The molecule has 0 aliphatic rings. The van der Waals surface area contributed by atoms with E-state index in [0.29, 0.717) is 11.6 Å². The van der Waals surface area contributed by atoms with Crippen LogP contribution in [-0.2, 0) is 11.3 Å². The van der Waals surface area contributed by atoms with Crippen LogP contribution in [0.3, 0.4) is 0 Å². The van der Waals surface area contributed by atoms with Crippen LogP contribution < -0.4 is 10.6 Å². The highest BCUT2D eigenvalue weighted by atomic mass is 35.5. The minimum absolute atomic E-state index is 0.131. The summed E-state index contributed by atoms with van der Waals surface area (Å²) >= 11 is 6.08. The fourth-order valence-corrected chi connectivity index (χ4v) is 3.07. The normalized spacial score (nSPS) is 12.9. The molecule has 2 aromatic rings. The molecule has 1 unspecified atom stereocenters. The Bertz CT molecular complexity index is 744. The van der Waals surface area contributed by atoms with Gasteiger partial charge in [0.05, 0.1) is 12.2 Å². The molecule has 0 amide bonds. The van der Waals surface area contributed by atoms with Crippen molar-refractivity contribution in [2.45, 2.75) is 39.8 Å². The summed E-state index contributed by atoms with van der Waals surface area (Å²) < 4.78 is 7.63. The van der Waals surface area contributed by atoms with Gasteiger partial charge in [0.2, 0.25) is 0 Å². The number of nitrogens with zero attached hydrogens (tertiary/aromatic N) is 3. The van der Waals surface area contributed by atoms with Gasteiger partial charge >= 0.3 is 0 Å². The van der Waals surface area contributed by atoms with Crippen LogP contribution in [0.1, 0.15) is 36.4 Å². The second-order valence-corrected chi connectivity index (χ2v) is 6.87. The summed E-state index contributed by atoms with van der Waals surface area (Å²) in [7, 11) is 1.69. The molecule has 1 atom stereocenters. The molecule has 27 heavy (non-hydrogen) atoms. The van der Waals surface area contributed by atoms with E-state index in [4.69, 9.17) is 16.3 Å². The molecule has 0 spiro atoms. The number of hydrogen-bond acceptors (Lipinski definition) is 3. The fourth-order valence-electron chi connectivity index (χ4n) is 2.88. The largest absolute Gasteiger partial charge is 0.375 e. The van der Waals surface area contributed by atoms with E-state index in [0.717, 1.165) is 43.3 Å². The smallest absolute Gasteiger partial charge is 0.191 e. The van der Waals surface area contributed by atoms with E-state index >= 15 is 0 Å². The maximum atomic E-state index is 6.08. The van der Waals surface area contributed by atoms with Crippen LogP contribution in [0.4, 0.5) is 0 Å². The monoisotopic (exact) mass is 391 g/mol. The van der Waals surface area contributed by atoms with Crippen LogP contribution in [0.25, 0.3) is 0 Å². The fraction of sp³-hybridized carbons (Fsp3) is 0.500. The second-order valence-electron chi connectivity index (χ2n) is 6.43. The molecular formula is C20H30ClN5O. The zero-order chi connectivity index (χ0) is 19.6. The number of aliphatic imine (C=N–C) groups is 1. The van der Waals surface area contributed by atoms with E-state index in [1.807, 2.05) is 35.9 Å². The molecule has 6 nitrogen and oxygen atoms in total. The predicted octanol–water partition coefficient (Wildman–Crippen LogP) is 3.49. The van der Waals surface area contributed by atoms with Crippen molar-refractivity contribution in [2.24, 2.45) is 4.99 Å². The molecular weight excluding hydrogens is 362 g/mol. The third kappa shape index (κ3) is 6.88. The van der Waals surface area contributed by atoms with Gasteiger partial charge in [-0.25, -0.2) is 0 Å². The summed E-state index contributed by atoms with van der Waals surface area (Å²) in [6.07, 6.45) is 0.836. The van der Waals surface area contributed by atoms with Gasteiger partial charge in [0, 0.05) is 37.5 Å². The first-order valence-electron chi connectivity index (χ1n) is 9.35. The summed E-state index contributed by atoms with van der Waals surface area (Å²) in [6.45, 7) is 9.18. The molecule has 2 rings (SSSR count). The number of methoxy groups -OCH3 is 1. The van der Waals surface area contributed by atoms with Crippen molar-refractivity contribution in [1.82, 2.24) is 20.4 Å². The Labute approximate surface area is 167 Å².